The van der Waals surface area contributed by atoms with Crippen LogP contribution in [0.5, 0.6) is 11.5 Å². The van der Waals surface area contributed by atoms with Crippen molar-refractivity contribution in [2.45, 2.75) is 6.54 Å². The fourth-order valence-electron chi connectivity index (χ4n) is 3.05. The van der Waals surface area contributed by atoms with Gasteiger partial charge in [0.25, 0.3) is 11.8 Å². The van der Waals surface area contributed by atoms with Crippen LogP contribution in [0.2, 0.25) is 5.02 Å². The Bertz CT molecular complexity index is 1070. The Morgan fingerprint density at radius 1 is 0.867 bits per heavy atom. The first-order chi connectivity index (χ1) is 14.6. The second kappa shape index (κ2) is 8.88. The molecule has 1 aliphatic heterocycles. The molecule has 0 saturated heterocycles. The fraction of sp³-hybridized carbons (Fsp3) is 0.130. The molecule has 3 aromatic carbocycles. The molecule has 30 heavy (non-hydrogen) atoms. The van der Waals surface area contributed by atoms with Crippen LogP contribution >= 0.6 is 11.6 Å². The Morgan fingerprint density at radius 3 is 2.33 bits per heavy atom. The van der Waals surface area contributed by atoms with Gasteiger partial charge in [-0.2, -0.15) is 0 Å². The second-order valence-electron chi connectivity index (χ2n) is 6.68. The van der Waals surface area contributed by atoms with Gasteiger partial charge in [-0.15, -0.1) is 0 Å². The maximum absolute atomic E-state index is 12.5. The minimum absolute atomic E-state index is 0.205. The van der Waals surface area contributed by atoms with E-state index in [-0.39, 0.29) is 11.8 Å². The molecule has 0 aromatic heterocycles. The van der Waals surface area contributed by atoms with Crippen molar-refractivity contribution in [3.8, 4) is 11.5 Å². The molecule has 3 aromatic rings. The zero-order valence-electron chi connectivity index (χ0n) is 16.0. The normalized spacial score (nSPS) is 12.2. The maximum atomic E-state index is 12.5. The third-order valence-corrected chi connectivity index (χ3v) is 4.83. The van der Waals surface area contributed by atoms with E-state index >= 15 is 0 Å². The fourth-order valence-corrected chi connectivity index (χ4v) is 3.34. The number of halogens is 1. The van der Waals surface area contributed by atoms with Crippen molar-refractivity contribution in [1.29, 1.82) is 0 Å². The van der Waals surface area contributed by atoms with Crippen molar-refractivity contribution in [3.63, 3.8) is 0 Å². The Labute approximate surface area is 178 Å². The summed E-state index contributed by atoms with van der Waals surface area (Å²) in [4.78, 5) is 24.7. The maximum Gasteiger partial charge on any atom is 0.255 e. The highest BCUT2D eigenvalue weighted by Gasteiger charge is 2.17. The van der Waals surface area contributed by atoms with Crippen LogP contribution in [-0.4, -0.2) is 25.0 Å². The van der Waals surface area contributed by atoms with Gasteiger partial charge in [-0.1, -0.05) is 29.8 Å². The molecule has 0 atom stereocenters. The summed E-state index contributed by atoms with van der Waals surface area (Å²) >= 11 is 6.23. The van der Waals surface area contributed by atoms with E-state index in [0.29, 0.717) is 53.1 Å². The van der Waals surface area contributed by atoms with E-state index in [0.717, 1.165) is 5.56 Å². The smallest absolute Gasteiger partial charge is 0.255 e. The number of ether oxygens (including phenoxy) is 2. The molecule has 6 nitrogen and oxygen atoms in total. The Hall–Kier alpha value is -3.51. The van der Waals surface area contributed by atoms with E-state index in [1.165, 1.54) is 0 Å². The van der Waals surface area contributed by atoms with Crippen LogP contribution in [-0.2, 0) is 6.54 Å². The van der Waals surface area contributed by atoms with Gasteiger partial charge >= 0.3 is 0 Å². The van der Waals surface area contributed by atoms with Crippen LogP contribution in [0, 0.1) is 0 Å². The molecule has 152 valence electrons. The Balaban J connectivity index is 1.36. The van der Waals surface area contributed by atoms with Crippen LogP contribution < -0.4 is 20.1 Å². The van der Waals surface area contributed by atoms with Crippen LogP contribution in [0.1, 0.15) is 26.3 Å². The first-order valence-corrected chi connectivity index (χ1v) is 9.80. The quantitative estimate of drug-likeness (QED) is 0.643. The van der Waals surface area contributed by atoms with Crippen molar-refractivity contribution < 1.29 is 19.1 Å². The highest BCUT2D eigenvalue weighted by atomic mass is 35.5. The van der Waals surface area contributed by atoms with Gasteiger partial charge in [-0.25, -0.2) is 0 Å². The number of carbonyl (C=O) groups is 2. The van der Waals surface area contributed by atoms with Crippen LogP contribution in [0.25, 0.3) is 0 Å². The Morgan fingerprint density at radius 2 is 1.57 bits per heavy atom. The molecular weight excluding hydrogens is 404 g/mol. The first kappa shape index (κ1) is 19.8. The van der Waals surface area contributed by atoms with E-state index < -0.39 is 0 Å². The molecule has 0 unspecified atom stereocenters. The van der Waals surface area contributed by atoms with Gasteiger partial charge in [-0.05, 0) is 54.1 Å². The van der Waals surface area contributed by atoms with E-state index in [4.69, 9.17) is 21.1 Å². The monoisotopic (exact) mass is 422 g/mol. The lowest BCUT2D eigenvalue weighted by atomic mass is 10.1. The molecule has 2 amide bonds. The zero-order chi connectivity index (χ0) is 20.9. The summed E-state index contributed by atoms with van der Waals surface area (Å²) in [5.41, 5.74) is 2.47. The third kappa shape index (κ3) is 4.55. The van der Waals surface area contributed by atoms with Crippen LogP contribution in [0.15, 0.2) is 66.7 Å². The van der Waals surface area contributed by atoms with Gasteiger partial charge < -0.3 is 20.1 Å². The van der Waals surface area contributed by atoms with Gasteiger partial charge in [0.15, 0.2) is 11.5 Å². The van der Waals surface area contributed by atoms with Crippen molar-refractivity contribution in [3.05, 3.63) is 88.4 Å². The number of nitrogens with one attached hydrogen (secondary N) is 2. The molecule has 0 radical (unpaired) electrons. The molecule has 2 N–H and O–H groups in total. The number of hydrogen-bond acceptors (Lipinski definition) is 4. The van der Waals surface area contributed by atoms with E-state index in [1.807, 2.05) is 12.1 Å². The minimum Gasteiger partial charge on any atom is -0.486 e. The van der Waals surface area contributed by atoms with Crippen LogP contribution in [0.3, 0.4) is 0 Å². The average Bonchev–Trinajstić information content (AvgIpc) is 2.78. The highest BCUT2D eigenvalue weighted by Crippen LogP contribution is 2.38. The average molecular weight is 423 g/mol. The lowest BCUT2D eigenvalue weighted by Crippen LogP contribution is -2.23. The third-order valence-electron chi connectivity index (χ3n) is 4.55. The predicted octanol–water partition coefficient (Wildman–Crippen LogP) is 4.29. The Kier molecular flexibility index (Phi) is 5.86. The highest BCUT2D eigenvalue weighted by molar-refractivity contribution is 6.32. The SMILES string of the molecule is O=C(NCc1cc(Cl)c2c(c1)OCCO2)c1ccc(NC(=O)c2ccccc2)cc1. The van der Waals surface area contributed by atoms with Crippen molar-refractivity contribution in [1.82, 2.24) is 5.32 Å². The largest absolute Gasteiger partial charge is 0.486 e. The summed E-state index contributed by atoms with van der Waals surface area (Å²) in [6.45, 7) is 1.22. The number of rotatable bonds is 5. The number of anilines is 1. The first-order valence-electron chi connectivity index (χ1n) is 9.43. The summed E-state index contributed by atoms with van der Waals surface area (Å²) in [7, 11) is 0. The zero-order valence-corrected chi connectivity index (χ0v) is 16.7. The molecule has 7 heteroatoms. The topological polar surface area (TPSA) is 76.7 Å². The van der Waals surface area contributed by atoms with Crippen molar-refractivity contribution in [2.75, 3.05) is 18.5 Å². The molecule has 1 heterocycles. The van der Waals surface area contributed by atoms with Gasteiger partial charge in [-0.3, -0.25) is 9.59 Å². The van der Waals surface area contributed by atoms with E-state index in [9.17, 15) is 9.59 Å². The molecule has 0 fully saturated rings. The number of fused-ring (bicyclic) bond motifs is 1. The summed E-state index contributed by atoms with van der Waals surface area (Å²) in [6.07, 6.45) is 0. The standard InChI is InChI=1S/C23H19ClN2O4/c24-19-12-15(13-20-21(19)30-11-10-29-20)14-25-22(27)17-6-8-18(9-7-17)26-23(28)16-4-2-1-3-5-16/h1-9,12-13H,10-11,14H2,(H,25,27)(H,26,28). The second-order valence-corrected chi connectivity index (χ2v) is 7.09. The number of hydrogen-bond donors (Lipinski definition) is 2. The molecule has 4 rings (SSSR count). The summed E-state index contributed by atoms with van der Waals surface area (Å²) in [6, 6.07) is 19.2. The number of carbonyl (C=O) groups excluding carboxylic acids is 2. The van der Waals surface area contributed by atoms with Gasteiger partial charge in [0.05, 0.1) is 5.02 Å². The molecule has 0 spiro atoms. The molecule has 0 bridgehead atoms. The summed E-state index contributed by atoms with van der Waals surface area (Å²) in [5, 5.41) is 6.11. The lowest BCUT2D eigenvalue weighted by molar-refractivity contribution is 0.0950. The predicted molar refractivity (Wildman–Crippen MR) is 114 cm³/mol. The number of amides is 2. The van der Waals surface area contributed by atoms with Crippen LogP contribution in [0.4, 0.5) is 5.69 Å². The minimum atomic E-state index is -0.234. The van der Waals surface area contributed by atoms with E-state index in [2.05, 4.69) is 10.6 Å². The number of benzene rings is 3. The molecule has 0 saturated carbocycles. The van der Waals surface area contributed by atoms with Crippen molar-refractivity contribution >= 4 is 29.1 Å². The van der Waals surface area contributed by atoms with Gasteiger partial charge in [0.2, 0.25) is 0 Å². The molecule has 0 aliphatic carbocycles. The van der Waals surface area contributed by atoms with Gasteiger partial charge in [0.1, 0.15) is 13.2 Å². The van der Waals surface area contributed by atoms with Crippen molar-refractivity contribution in [2.24, 2.45) is 0 Å². The summed E-state index contributed by atoms with van der Waals surface area (Å²) < 4.78 is 11.1. The summed E-state index contributed by atoms with van der Waals surface area (Å²) in [5.74, 6) is 0.674. The molecule has 1 aliphatic rings. The lowest BCUT2D eigenvalue weighted by Gasteiger charge is -2.20. The van der Waals surface area contributed by atoms with E-state index in [1.54, 1.807) is 54.6 Å². The molecular formula is C23H19ClN2O4. The van der Waals surface area contributed by atoms with Gasteiger partial charge in [0, 0.05) is 23.4 Å².